The van der Waals surface area contributed by atoms with Crippen molar-refractivity contribution in [3.05, 3.63) is 29.8 Å². The van der Waals surface area contributed by atoms with Crippen molar-refractivity contribution >= 4 is 18.3 Å². The van der Waals surface area contributed by atoms with Gasteiger partial charge in [-0.2, -0.15) is 8.78 Å². The molecule has 0 saturated heterocycles. The average Bonchev–Trinajstić information content (AvgIpc) is 2.43. The first-order valence-electron chi connectivity index (χ1n) is 6.57. The second kappa shape index (κ2) is 11.2. The molecule has 1 aromatic rings. The molecule has 0 saturated carbocycles. The van der Waals surface area contributed by atoms with E-state index in [0.717, 1.165) is 0 Å². The third kappa shape index (κ3) is 7.53. The van der Waals surface area contributed by atoms with Crippen molar-refractivity contribution in [2.45, 2.75) is 19.6 Å². The van der Waals surface area contributed by atoms with Gasteiger partial charge in [0.05, 0.1) is 19.2 Å². The molecule has 8 heteroatoms. The predicted molar refractivity (Wildman–Crippen MR) is 81.6 cm³/mol. The molecule has 0 radical (unpaired) electrons. The van der Waals surface area contributed by atoms with Crippen LogP contribution in [0.25, 0.3) is 0 Å². The molecule has 1 aromatic carbocycles. The van der Waals surface area contributed by atoms with Crippen molar-refractivity contribution in [2.75, 3.05) is 26.8 Å². The van der Waals surface area contributed by atoms with Crippen LogP contribution in [0, 0.1) is 0 Å². The second-order valence-electron chi connectivity index (χ2n) is 4.38. The minimum Gasteiger partial charge on any atom is -0.434 e. The summed E-state index contributed by atoms with van der Waals surface area (Å²) in [6.07, 6.45) is 0. The molecule has 1 rings (SSSR count). The van der Waals surface area contributed by atoms with Crippen molar-refractivity contribution in [3.63, 3.8) is 0 Å². The van der Waals surface area contributed by atoms with E-state index in [9.17, 15) is 13.6 Å². The van der Waals surface area contributed by atoms with Gasteiger partial charge in [0, 0.05) is 19.2 Å². The number of carbonyl (C=O) groups excluding carboxylic acids is 1. The summed E-state index contributed by atoms with van der Waals surface area (Å²) in [5.74, 6) is -0.168. The number of halogens is 3. The highest BCUT2D eigenvalue weighted by Crippen LogP contribution is 2.26. The number of alkyl halides is 2. The zero-order valence-corrected chi connectivity index (χ0v) is 13.3. The maximum absolute atomic E-state index is 12.3. The standard InChI is InChI=1S/C14H20F2N2O3.ClH/c1-10(18-13(19)9-17-7-8-20-2)11-5-3-4-6-12(11)21-14(15)16;/h3-6,10,14,17H,7-9H2,1-2H3,(H,18,19);1H. The molecule has 0 bridgehead atoms. The van der Waals surface area contributed by atoms with Crippen LogP contribution in [0.2, 0.25) is 0 Å². The Morgan fingerprint density at radius 1 is 1.32 bits per heavy atom. The van der Waals surface area contributed by atoms with Crippen LogP contribution in [0.3, 0.4) is 0 Å². The van der Waals surface area contributed by atoms with Gasteiger partial charge in [0.15, 0.2) is 0 Å². The van der Waals surface area contributed by atoms with E-state index in [1.807, 2.05) is 0 Å². The molecular formula is C14H21ClF2N2O3. The predicted octanol–water partition coefficient (Wildman–Crippen LogP) is 2.12. The molecule has 1 atom stereocenters. The number of nitrogens with one attached hydrogen (secondary N) is 2. The van der Waals surface area contributed by atoms with E-state index in [0.29, 0.717) is 18.7 Å². The molecule has 0 spiro atoms. The molecule has 1 amide bonds. The van der Waals surface area contributed by atoms with Crippen molar-refractivity contribution in [2.24, 2.45) is 0 Å². The van der Waals surface area contributed by atoms with E-state index in [4.69, 9.17) is 4.74 Å². The molecule has 0 aromatic heterocycles. The van der Waals surface area contributed by atoms with Gasteiger partial charge in [-0.05, 0) is 13.0 Å². The van der Waals surface area contributed by atoms with E-state index in [1.54, 1.807) is 32.2 Å². The van der Waals surface area contributed by atoms with Gasteiger partial charge in [0.2, 0.25) is 5.91 Å². The Morgan fingerprint density at radius 3 is 2.64 bits per heavy atom. The van der Waals surface area contributed by atoms with Crippen molar-refractivity contribution in [1.29, 1.82) is 0 Å². The molecule has 1 unspecified atom stereocenters. The lowest BCUT2D eigenvalue weighted by atomic mass is 10.1. The average molecular weight is 339 g/mol. The highest BCUT2D eigenvalue weighted by Gasteiger charge is 2.16. The largest absolute Gasteiger partial charge is 0.434 e. The number of carbonyl (C=O) groups is 1. The molecule has 5 nitrogen and oxygen atoms in total. The first-order valence-corrected chi connectivity index (χ1v) is 6.57. The first-order chi connectivity index (χ1) is 10.0. The van der Waals surface area contributed by atoms with Crippen LogP contribution in [-0.4, -0.2) is 39.3 Å². The Kier molecular flexibility index (Phi) is 10.4. The number of methoxy groups -OCH3 is 1. The smallest absolute Gasteiger partial charge is 0.387 e. The maximum atomic E-state index is 12.3. The first kappa shape index (κ1) is 20.6. The monoisotopic (exact) mass is 338 g/mol. The zero-order valence-electron chi connectivity index (χ0n) is 12.5. The van der Waals surface area contributed by atoms with Gasteiger partial charge >= 0.3 is 6.61 Å². The fraction of sp³-hybridized carbons (Fsp3) is 0.500. The quantitative estimate of drug-likeness (QED) is 0.677. The number of rotatable bonds is 9. The second-order valence-corrected chi connectivity index (χ2v) is 4.38. The Balaban J connectivity index is 0.00000441. The Hall–Kier alpha value is -1.44. The number of ether oxygens (including phenoxy) is 2. The van der Waals surface area contributed by atoms with Crippen molar-refractivity contribution in [1.82, 2.24) is 10.6 Å². The molecule has 22 heavy (non-hydrogen) atoms. The minimum atomic E-state index is -2.90. The van der Waals surface area contributed by atoms with E-state index in [2.05, 4.69) is 15.4 Å². The summed E-state index contributed by atoms with van der Waals surface area (Å²) >= 11 is 0. The van der Waals surface area contributed by atoms with Crippen LogP contribution >= 0.6 is 12.4 Å². The lowest BCUT2D eigenvalue weighted by Crippen LogP contribution is -2.36. The molecule has 0 aliphatic carbocycles. The molecular weight excluding hydrogens is 318 g/mol. The number of amides is 1. The van der Waals surface area contributed by atoms with E-state index < -0.39 is 12.7 Å². The SMILES string of the molecule is COCCNCC(=O)NC(C)c1ccccc1OC(F)F.Cl. The summed E-state index contributed by atoms with van der Waals surface area (Å²) in [4.78, 5) is 11.7. The van der Waals surface area contributed by atoms with Gasteiger partial charge in [-0.1, -0.05) is 18.2 Å². The van der Waals surface area contributed by atoms with Crippen LogP contribution in [0.4, 0.5) is 8.78 Å². The van der Waals surface area contributed by atoms with Gasteiger partial charge in [-0.25, -0.2) is 0 Å². The van der Waals surface area contributed by atoms with Crippen molar-refractivity contribution in [3.8, 4) is 5.75 Å². The fourth-order valence-corrected chi connectivity index (χ4v) is 1.79. The summed E-state index contributed by atoms with van der Waals surface area (Å²) in [5, 5.41) is 5.62. The summed E-state index contributed by atoms with van der Waals surface area (Å²) in [5.41, 5.74) is 0.503. The summed E-state index contributed by atoms with van der Waals surface area (Å²) < 4.78 is 34.0. The van der Waals surface area contributed by atoms with E-state index in [1.165, 1.54) is 6.07 Å². The normalized spacial score (nSPS) is 11.7. The Labute approximate surface area is 134 Å². The zero-order chi connectivity index (χ0) is 15.7. The number of benzene rings is 1. The highest BCUT2D eigenvalue weighted by molar-refractivity contribution is 5.85. The molecule has 126 valence electrons. The molecule has 2 N–H and O–H groups in total. The third-order valence-electron chi connectivity index (χ3n) is 2.75. The van der Waals surface area contributed by atoms with Gasteiger partial charge < -0.3 is 20.1 Å². The highest BCUT2D eigenvalue weighted by atomic mass is 35.5. The number of para-hydroxylation sites is 1. The molecule has 0 aliphatic heterocycles. The topological polar surface area (TPSA) is 59.6 Å². The maximum Gasteiger partial charge on any atom is 0.387 e. The minimum absolute atomic E-state index is 0. The summed E-state index contributed by atoms with van der Waals surface area (Å²) in [6.45, 7) is 0.00795. The van der Waals surface area contributed by atoms with Crippen LogP contribution in [0.15, 0.2) is 24.3 Å². The van der Waals surface area contributed by atoms with Crippen LogP contribution < -0.4 is 15.4 Å². The Morgan fingerprint density at radius 2 is 2.00 bits per heavy atom. The van der Waals surface area contributed by atoms with E-state index >= 15 is 0 Å². The summed E-state index contributed by atoms with van der Waals surface area (Å²) in [7, 11) is 1.57. The van der Waals surface area contributed by atoms with Crippen LogP contribution in [0.1, 0.15) is 18.5 Å². The van der Waals surface area contributed by atoms with Gasteiger partial charge in [-0.15, -0.1) is 12.4 Å². The van der Waals surface area contributed by atoms with E-state index in [-0.39, 0.29) is 30.6 Å². The van der Waals surface area contributed by atoms with Gasteiger partial charge in [0.25, 0.3) is 0 Å². The lowest BCUT2D eigenvalue weighted by Gasteiger charge is -2.18. The van der Waals surface area contributed by atoms with Crippen LogP contribution in [-0.2, 0) is 9.53 Å². The lowest BCUT2D eigenvalue weighted by molar-refractivity contribution is -0.120. The molecule has 0 aliphatic rings. The molecule has 0 heterocycles. The third-order valence-corrected chi connectivity index (χ3v) is 2.75. The van der Waals surface area contributed by atoms with Gasteiger partial charge in [0.1, 0.15) is 5.75 Å². The van der Waals surface area contributed by atoms with Gasteiger partial charge in [-0.3, -0.25) is 4.79 Å². The Bertz CT molecular complexity index is 450. The number of hydrogen-bond acceptors (Lipinski definition) is 4. The number of hydrogen-bond donors (Lipinski definition) is 2. The van der Waals surface area contributed by atoms with Crippen molar-refractivity contribution < 1.29 is 23.0 Å². The molecule has 0 fully saturated rings. The summed E-state index contributed by atoms with van der Waals surface area (Å²) in [6, 6.07) is 5.95. The van der Waals surface area contributed by atoms with Crippen LogP contribution in [0.5, 0.6) is 5.75 Å². The fourth-order valence-electron chi connectivity index (χ4n) is 1.79.